The minimum absolute atomic E-state index is 0. The van der Waals surface area contributed by atoms with Crippen LogP contribution in [0.2, 0.25) is 0 Å². The fourth-order valence-corrected chi connectivity index (χ4v) is 4.09. The minimum Gasteiger partial charge on any atom is -0.492 e. The maximum absolute atomic E-state index is 12.1. The molecule has 1 amide bonds. The third kappa shape index (κ3) is 5.88. The summed E-state index contributed by atoms with van der Waals surface area (Å²) in [6.45, 7) is 7.68. The molecule has 2 heterocycles. The monoisotopic (exact) mass is 380 g/mol. The lowest BCUT2D eigenvalue weighted by atomic mass is 9.87. The molecule has 146 valence electrons. The van der Waals surface area contributed by atoms with E-state index in [4.69, 9.17) is 4.74 Å². The smallest absolute Gasteiger partial charge is 0.220 e. The normalized spacial score (nSPS) is 24.7. The molecule has 2 aliphatic rings. The first-order valence-corrected chi connectivity index (χ1v) is 9.66. The Morgan fingerprint density at radius 1 is 1.15 bits per heavy atom. The first kappa shape index (κ1) is 21.0. The number of fused-ring (bicyclic) bond motifs is 2. The summed E-state index contributed by atoms with van der Waals surface area (Å²) in [5.74, 6) is 1.57. The lowest BCUT2D eigenvalue weighted by Gasteiger charge is -2.28. The Labute approximate surface area is 163 Å². The van der Waals surface area contributed by atoms with Crippen molar-refractivity contribution >= 4 is 18.3 Å². The maximum atomic E-state index is 12.1. The number of halogens is 1. The molecule has 1 aromatic carbocycles. The zero-order chi connectivity index (χ0) is 17.9. The van der Waals surface area contributed by atoms with Crippen LogP contribution < -0.4 is 15.4 Å². The van der Waals surface area contributed by atoms with Crippen LogP contribution in [-0.4, -0.2) is 31.1 Å². The average Bonchev–Trinajstić information content (AvgIpc) is 2.90. The second-order valence-electron chi connectivity index (χ2n) is 8.65. The number of carbonyl (C=O) groups excluding carboxylic acids is 1. The van der Waals surface area contributed by atoms with Gasteiger partial charge in [-0.25, -0.2) is 0 Å². The summed E-state index contributed by atoms with van der Waals surface area (Å²) in [5, 5.41) is 6.63. The molecule has 2 bridgehead atoms. The minimum atomic E-state index is 0. The summed E-state index contributed by atoms with van der Waals surface area (Å²) in [6, 6.07) is 9.53. The zero-order valence-electron chi connectivity index (χ0n) is 16.2. The maximum Gasteiger partial charge on any atom is 0.220 e. The van der Waals surface area contributed by atoms with Gasteiger partial charge < -0.3 is 15.4 Å². The fourth-order valence-electron chi connectivity index (χ4n) is 4.09. The van der Waals surface area contributed by atoms with Crippen molar-refractivity contribution in [2.24, 2.45) is 5.92 Å². The van der Waals surface area contributed by atoms with Crippen LogP contribution in [0.5, 0.6) is 5.75 Å². The van der Waals surface area contributed by atoms with E-state index in [-0.39, 0.29) is 23.7 Å². The van der Waals surface area contributed by atoms with Gasteiger partial charge >= 0.3 is 0 Å². The van der Waals surface area contributed by atoms with Crippen molar-refractivity contribution in [2.75, 3.05) is 13.2 Å². The third-order valence-corrected chi connectivity index (χ3v) is 5.46. The molecule has 0 aliphatic carbocycles. The molecule has 1 aromatic rings. The van der Waals surface area contributed by atoms with Crippen molar-refractivity contribution in [3.8, 4) is 5.75 Å². The van der Waals surface area contributed by atoms with Crippen LogP contribution in [0.4, 0.5) is 0 Å². The Morgan fingerprint density at radius 3 is 2.35 bits per heavy atom. The number of rotatable bonds is 6. The van der Waals surface area contributed by atoms with Gasteiger partial charge in [-0.05, 0) is 54.7 Å². The number of nitrogens with one attached hydrogen (secondary N) is 2. The SMILES string of the molecule is CC(C)(C)c1ccc(OCCNC(=O)CC2CC3CCC(C2)N3)cc1.Cl. The van der Waals surface area contributed by atoms with Gasteiger partial charge in [0, 0.05) is 18.5 Å². The van der Waals surface area contributed by atoms with Crippen molar-refractivity contribution in [2.45, 2.75) is 70.4 Å². The molecule has 0 radical (unpaired) electrons. The van der Waals surface area contributed by atoms with Crippen molar-refractivity contribution in [3.05, 3.63) is 29.8 Å². The van der Waals surface area contributed by atoms with Gasteiger partial charge in [0.05, 0.1) is 6.54 Å². The highest BCUT2D eigenvalue weighted by Gasteiger charge is 2.34. The molecule has 2 fully saturated rings. The summed E-state index contributed by atoms with van der Waals surface area (Å²) in [5.41, 5.74) is 1.45. The van der Waals surface area contributed by atoms with Gasteiger partial charge in [0.2, 0.25) is 5.91 Å². The van der Waals surface area contributed by atoms with Crippen molar-refractivity contribution in [1.82, 2.24) is 10.6 Å². The topological polar surface area (TPSA) is 50.4 Å². The first-order chi connectivity index (χ1) is 11.9. The summed E-state index contributed by atoms with van der Waals surface area (Å²) >= 11 is 0. The summed E-state index contributed by atoms with van der Waals surface area (Å²) in [7, 11) is 0. The van der Waals surface area contributed by atoms with Gasteiger partial charge in [-0.2, -0.15) is 0 Å². The predicted molar refractivity (Wildman–Crippen MR) is 108 cm³/mol. The largest absolute Gasteiger partial charge is 0.492 e. The molecule has 2 saturated heterocycles. The van der Waals surface area contributed by atoms with E-state index in [9.17, 15) is 4.79 Å². The Balaban J connectivity index is 0.00000243. The molecule has 2 aliphatic heterocycles. The summed E-state index contributed by atoms with van der Waals surface area (Å²) in [4.78, 5) is 12.1. The lowest BCUT2D eigenvalue weighted by Crippen LogP contribution is -2.40. The molecule has 5 heteroatoms. The molecule has 2 N–H and O–H groups in total. The van der Waals surface area contributed by atoms with E-state index in [1.807, 2.05) is 12.1 Å². The predicted octanol–water partition coefficient (Wildman–Crippen LogP) is 3.82. The van der Waals surface area contributed by atoms with Crippen LogP contribution >= 0.6 is 12.4 Å². The molecule has 2 atom stereocenters. The van der Waals surface area contributed by atoms with Crippen LogP contribution in [0, 0.1) is 5.92 Å². The number of benzene rings is 1. The Morgan fingerprint density at radius 2 is 1.77 bits per heavy atom. The fraction of sp³-hybridized carbons (Fsp3) is 0.667. The summed E-state index contributed by atoms with van der Waals surface area (Å²) < 4.78 is 5.73. The molecule has 3 rings (SSSR count). The van der Waals surface area contributed by atoms with Crippen molar-refractivity contribution < 1.29 is 9.53 Å². The van der Waals surface area contributed by atoms with E-state index >= 15 is 0 Å². The second-order valence-corrected chi connectivity index (χ2v) is 8.65. The van der Waals surface area contributed by atoms with Crippen LogP contribution in [-0.2, 0) is 10.2 Å². The molecular weight excluding hydrogens is 348 g/mol. The van der Waals surface area contributed by atoms with Crippen LogP contribution in [0.1, 0.15) is 58.4 Å². The van der Waals surface area contributed by atoms with Crippen molar-refractivity contribution in [3.63, 3.8) is 0 Å². The van der Waals surface area contributed by atoms with E-state index in [1.54, 1.807) is 0 Å². The highest BCUT2D eigenvalue weighted by atomic mass is 35.5. The van der Waals surface area contributed by atoms with Gasteiger partial charge in [0.15, 0.2) is 0 Å². The number of hydrogen-bond donors (Lipinski definition) is 2. The van der Waals surface area contributed by atoms with Crippen molar-refractivity contribution in [1.29, 1.82) is 0 Å². The second kappa shape index (κ2) is 9.09. The molecule has 0 aromatic heterocycles. The Bertz CT molecular complexity index is 571. The molecule has 0 spiro atoms. The quantitative estimate of drug-likeness (QED) is 0.737. The van der Waals surface area contributed by atoms with E-state index in [0.717, 1.165) is 18.6 Å². The van der Waals surface area contributed by atoms with E-state index in [0.29, 0.717) is 37.6 Å². The Hall–Kier alpha value is -1.26. The standard InChI is InChI=1S/C21H32N2O2.ClH/c1-21(2,3)16-4-8-19(9-5-16)25-11-10-22-20(24)14-15-12-17-6-7-18(13-15)23-17;/h4-5,8-9,15,17-18,23H,6-7,10-14H2,1-3H3,(H,22,24);1H. The van der Waals surface area contributed by atoms with Crippen LogP contribution in [0.25, 0.3) is 0 Å². The molecule has 2 unspecified atom stereocenters. The highest BCUT2D eigenvalue weighted by molar-refractivity contribution is 5.85. The summed E-state index contributed by atoms with van der Waals surface area (Å²) in [6.07, 6.45) is 5.53. The number of ether oxygens (including phenoxy) is 1. The molecule has 26 heavy (non-hydrogen) atoms. The number of amides is 1. The number of piperidine rings is 1. The molecule has 4 nitrogen and oxygen atoms in total. The zero-order valence-corrected chi connectivity index (χ0v) is 17.0. The van der Waals surface area contributed by atoms with E-state index in [2.05, 4.69) is 43.5 Å². The van der Waals surface area contributed by atoms with E-state index < -0.39 is 0 Å². The average molecular weight is 381 g/mol. The van der Waals surface area contributed by atoms with Gasteiger partial charge in [-0.3, -0.25) is 4.79 Å². The number of carbonyl (C=O) groups is 1. The first-order valence-electron chi connectivity index (χ1n) is 9.66. The highest BCUT2D eigenvalue weighted by Crippen LogP contribution is 2.32. The van der Waals surface area contributed by atoms with Gasteiger partial charge in [-0.1, -0.05) is 32.9 Å². The van der Waals surface area contributed by atoms with Gasteiger partial charge in [-0.15, -0.1) is 12.4 Å². The van der Waals surface area contributed by atoms with Crippen LogP contribution in [0.15, 0.2) is 24.3 Å². The number of hydrogen-bond acceptors (Lipinski definition) is 3. The van der Waals surface area contributed by atoms with Crippen LogP contribution in [0.3, 0.4) is 0 Å². The van der Waals surface area contributed by atoms with Gasteiger partial charge in [0.25, 0.3) is 0 Å². The molecular formula is C21H33ClN2O2. The molecule has 0 saturated carbocycles. The van der Waals surface area contributed by atoms with E-state index in [1.165, 1.54) is 18.4 Å². The Kier molecular flexibility index (Phi) is 7.36. The lowest BCUT2D eigenvalue weighted by molar-refractivity contribution is -0.122. The third-order valence-electron chi connectivity index (χ3n) is 5.46. The van der Waals surface area contributed by atoms with Gasteiger partial charge in [0.1, 0.15) is 12.4 Å².